The van der Waals surface area contributed by atoms with E-state index in [9.17, 15) is 24.9 Å². The van der Waals surface area contributed by atoms with Gasteiger partial charge in [-0.15, -0.1) is 0 Å². The molecule has 21 heavy (non-hydrogen) atoms. The van der Waals surface area contributed by atoms with Crippen LogP contribution in [0.25, 0.3) is 0 Å². The standard InChI is InChI=1S/C12H19NO8/c1-5(2)11(18)21-12(19)10(13-6(3)15)9(17)8(16)7(4-14)20-12/h7-10,14,16-17,19H,1,4H2,2-3H3,(H,13,15)/t7-,8-,9+,10+,12+/m1/s1. The van der Waals surface area contributed by atoms with Gasteiger partial charge < -0.3 is 35.2 Å². The molecule has 0 unspecified atom stereocenters. The largest absolute Gasteiger partial charge is 0.403 e. The SMILES string of the molecule is C=C(C)C(=O)O[C@@]1(O)O[C@H](CO)[C@@H](O)[C@H](O)[C@@H]1NC(C)=O. The van der Waals surface area contributed by atoms with Crippen molar-refractivity contribution in [2.45, 2.75) is 44.2 Å². The maximum atomic E-state index is 11.5. The molecule has 0 aliphatic carbocycles. The van der Waals surface area contributed by atoms with Crippen LogP contribution in [0.3, 0.4) is 0 Å². The van der Waals surface area contributed by atoms with Gasteiger partial charge >= 0.3 is 11.9 Å². The smallest absolute Gasteiger partial charge is 0.351 e. The van der Waals surface area contributed by atoms with Gasteiger partial charge in [-0.3, -0.25) is 4.79 Å². The molecule has 1 aliphatic heterocycles. The normalized spacial score (nSPS) is 35.9. The topological polar surface area (TPSA) is 146 Å². The fourth-order valence-electron chi connectivity index (χ4n) is 1.84. The van der Waals surface area contributed by atoms with Crippen molar-refractivity contribution in [3.8, 4) is 0 Å². The van der Waals surface area contributed by atoms with E-state index < -0.39 is 48.8 Å². The van der Waals surface area contributed by atoms with Crippen molar-refractivity contribution in [1.82, 2.24) is 5.32 Å². The minimum Gasteiger partial charge on any atom is -0.403 e. The third kappa shape index (κ3) is 3.77. The fraction of sp³-hybridized carbons (Fsp3) is 0.667. The van der Waals surface area contributed by atoms with E-state index in [2.05, 4.69) is 11.9 Å². The maximum absolute atomic E-state index is 11.5. The number of hydrogen-bond acceptors (Lipinski definition) is 8. The maximum Gasteiger partial charge on any atom is 0.351 e. The molecule has 5 atom stereocenters. The molecule has 1 heterocycles. The Morgan fingerprint density at radius 1 is 1.33 bits per heavy atom. The van der Waals surface area contributed by atoms with Crippen LogP contribution in [0.5, 0.6) is 0 Å². The van der Waals surface area contributed by atoms with Crippen LogP contribution in [0.1, 0.15) is 13.8 Å². The lowest BCUT2D eigenvalue weighted by Crippen LogP contribution is -2.71. The number of amides is 1. The lowest BCUT2D eigenvalue weighted by Gasteiger charge is -2.46. The van der Waals surface area contributed by atoms with Gasteiger partial charge in [0.05, 0.1) is 6.61 Å². The van der Waals surface area contributed by atoms with E-state index in [1.54, 1.807) is 0 Å². The second-order valence-electron chi connectivity index (χ2n) is 4.80. The molecule has 0 aromatic rings. The average Bonchev–Trinajstić information content (AvgIpc) is 2.38. The van der Waals surface area contributed by atoms with Crippen LogP contribution in [0.15, 0.2) is 12.2 Å². The number of aliphatic hydroxyl groups is 4. The van der Waals surface area contributed by atoms with E-state index in [-0.39, 0.29) is 5.57 Å². The number of aliphatic hydroxyl groups excluding tert-OH is 3. The zero-order chi connectivity index (χ0) is 16.4. The van der Waals surface area contributed by atoms with Crippen molar-refractivity contribution in [3.63, 3.8) is 0 Å². The Morgan fingerprint density at radius 3 is 2.33 bits per heavy atom. The van der Waals surface area contributed by atoms with Crippen molar-refractivity contribution >= 4 is 11.9 Å². The summed E-state index contributed by atoms with van der Waals surface area (Å²) in [6.07, 6.45) is -4.74. The lowest BCUT2D eigenvalue weighted by atomic mass is 9.95. The Hall–Kier alpha value is -1.52. The number of hydrogen-bond donors (Lipinski definition) is 5. The molecule has 0 bridgehead atoms. The summed E-state index contributed by atoms with van der Waals surface area (Å²) >= 11 is 0. The predicted molar refractivity (Wildman–Crippen MR) is 67.4 cm³/mol. The van der Waals surface area contributed by atoms with Crippen LogP contribution in [-0.2, 0) is 19.1 Å². The van der Waals surface area contributed by atoms with Crippen LogP contribution < -0.4 is 5.32 Å². The molecule has 1 aliphatic rings. The first kappa shape index (κ1) is 17.5. The Labute approximate surface area is 120 Å². The van der Waals surface area contributed by atoms with E-state index in [0.717, 1.165) is 6.92 Å². The van der Waals surface area contributed by atoms with Gasteiger partial charge in [-0.2, -0.15) is 0 Å². The summed E-state index contributed by atoms with van der Waals surface area (Å²) in [5, 5.41) is 41.2. The van der Waals surface area contributed by atoms with Crippen molar-refractivity contribution in [2.75, 3.05) is 6.61 Å². The van der Waals surface area contributed by atoms with Crippen molar-refractivity contribution in [3.05, 3.63) is 12.2 Å². The summed E-state index contributed by atoms with van der Waals surface area (Å²) in [5.74, 6) is -4.46. The average molecular weight is 305 g/mol. The van der Waals surface area contributed by atoms with E-state index in [1.165, 1.54) is 6.92 Å². The van der Waals surface area contributed by atoms with Gasteiger partial charge in [0, 0.05) is 12.5 Å². The van der Waals surface area contributed by atoms with Crippen LogP contribution >= 0.6 is 0 Å². The third-order valence-electron chi connectivity index (χ3n) is 2.91. The molecule has 9 heteroatoms. The summed E-state index contributed by atoms with van der Waals surface area (Å²) in [6, 6.07) is -1.64. The highest BCUT2D eigenvalue weighted by atomic mass is 16.8. The molecule has 9 nitrogen and oxygen atoms in total. The highest BCUT2D eigenvalue weighted by Crippen LogP contribution is 2.30. The van der Waals surface area contributed by atoms with Crippen LogP contribution in [0.4, 0.5) is 0 Å². The summed E-state index contributed by atoms with van der Waals surface area (Å²) in [7, 11) is 0. The molecule has 1 amide bonds. The van der Waals surface area contributed by atoms with E-state index in [0.29, 0.717) is 0 Å². The number of carbonyl (C=O) groups excluding carboxylic acids is 2. The number of ether oxygens (including phenoxy) is 2. The number of esters is 1. The Balaban J connectivity index is 3.10. The van der Waals surface area contributed by atoms with E-state index in [4.69, 9.17) is 14.6 Å². The molecule has 0 aromatic heterocycles. The second kappa shape index (κ2) is 6.50. The lowest BCUT2D eigenvalue weighted by molar-refractivity contribution is -0.409. The Kier molecular flexibility index (Phi) is 5.42. The first-order valence-electron chi connectivity index (χ1n) is 6.15. The zero-order valence-electron chi connectivity index (χ0n) is 11.6. The molecule has 1 saturated heterocycles. The second-order valence-corrected chi connectivity index (χ2v) is 4.80. The third-order valence-corrected chi connectivity index (χ3v) is 2.91. The minimum absolute atomic E-state index is 0.0604. The van der Waals surface area contributed by atoms with Gasteiger partial charge in [-0.25, -0.2) is 4.79 Å². The van der Waals surface area contributed by atoms with Gasteiger partial charge in [-0.05, 0) is 6.92 Å². The number of nitrogens with one attached hydrogen (secondary N) is 1. The molecule has 1 rings (SSSR count). The molecule has 0 aromatic carbocycles. The van der Waals surface area contributed by atoms with Gasteiger partial charge in [0.2, 0.25) is 5.91 Å². The summed E-state index contributed by atoms with van der Waals surface area (Å²) < 4.78 is 9.64. The monoisotopic (exact) mass is 305 g/mol. The molecular formula is C12H19NO8. The highest BCUT2D eigenvalue weighted by molar-refractivity contribution is 5.87. The van der Waals surface area contributed by atoms with Crippen molar-refractivity contribution < 1.29 is 39.5 Å². The number of rotatable bonds is 4. The molecule has 0 radical (unpaired) electrons. The molecule has 0 saturated carbocycles. The highest BCUT2D eigenvalue weighted by Gasteiger charge is 2.56. The Bertz CT molecular complexity index is 439. The molecule has 120 valence electrons. The predicted octanol–water partition coefficient (Wildman–Crippen LogP) is -2.63. The first-order chi connectivity index (χ1) is 9.62. The quantitative estimate of drug-likeness (QED) is 0.215. The van der Waals surface area contributed by atoms with Gasteiger partial charge in [0.15, 0.2) is 6.04 Å². The Morgan fingerprint density at radius 2 is 1.90 bits per heavy atom. The zero-order valence-corrected chi connectivity index (χ0v) is 11.6. The molecule has 1 fully saturated rings. The molecule has 0 spiro atoms. The van der Waals surface area contributed by atoms with E-state index in [1.807, 2.05) is 0 Å². The summed E-state index contributed by atoms with van der Waals surface area (Å²) in [6.45, 7) is 4.98. The van der Waals surface area contributed by atoms with Gasteiger partial charge in [0.1, 0.15) is 18.3 Å². The van der Waals surface area contributed by atoms with Crippen molar-refractivity contribution in [1.29, 1.82) is 0 Å². The fourth-order valence-corrected chi connectivity index (χ4v) is 1.84. The van der Waals surface area contributed by atoms with Gasteiger partial charge in [0.25, 0.3) is 0 Å². The summed E-state index contributed by atoms with van der Waals surface area (Å²) in [4.78, 5) is 22.7. The van der Waals surface area contributed by atoms with Crippen LogP contribution in [0, 0.1) is 0 Å². The van der Waals surface area contributed by atoms with Crippen LogP contribution in [0.2, 0.25) is 0 Å². The van der Waals surface area contributed by atoms with Crippen LogP contribution in [-0.4, -0.2) is 69.2 Å². The summed E-state index contributed by atoms with van der Waals surface area (Å²) in [5.41, 5.74) is -0.0604. The number of carbonyl (C=O) groups is 2. The van der Waals surface area contributed by atoms with Crippen molar-refractivity contribution in [2.24, 2.45) is 0 Å². The van der Waals surface area contributed by atoms with E-state index >= 15 is 0 Å². The molecule has 5 N–H and O–H groups in total. The van der Waals surface area contributed by atoms with Gasteiger partial charge in [-0.1, -0.05) is 6.58 Å². The molecular weight excluding hydrogens is 286 g/mol. The first-order valence-corrected chi connectivity index (χ1v) is 6.15. The minimum atomic E-state index is -2.76.